The Kier molecular flexibility index (Phi) is 5.49. The number of rotatable bonds is 4. The van der Waals surface area contributed by atoms with E-state index in [2.05, 4.69) is 59.3 Å². The van der Waals surface area contributed by atoms with Crippen molar-refractivity contribution >= 4 is 28.9 Å². The van der Waals surface area contributed by atoms with Gasteiger partial charge in [-0.15, -0.1) is 0 Å². The van der Waals surface area contributed by atoms with Crippen LogP contribution in [-0.4, -0.2) is 38.1 Å². The lowest BCUT2D eigenvalue weighted by molar-refractivity contribution is -0.126. The maximum Gasteiger partial charge on any atom is 0.225 e. The van der Waals surface area contributed by atoms with Gasteiger partial charge in [0.1, 0.15) is 0 Å². The molecule has 1 saturated heterocycles. The highest BCUT2D eigenvalue weighted by molar-refractivity contribution is 6.30. The van der Waals surface area contributed by atoms with Crippen LogP contribution in [0, 0.1) is 11.8 Å². The predicted molar refractivity (Wildman–Crippen MR) is 116 cm³/mol. The molecule has 2 aromatic rings. The number of benzene rings is 2. The molecule has 0 radical (unpaired) electrons. The summed E-state index contributed by atoms with van der Waals surface area (Å²) in [5.74, 6) is 0.576. The zero-order valence-corrected chi connectivity index (χ0v) is 17.3. The van der Waals surface area contributed by atoms with Crippen LogP contribution >= 0.6 is 11.6 Å². The molecular formula is C23H28ClN3O. The molecule has 0 unspecified atom stereocenters. The van der Waals surface area contributed by atoms with Gasteiger partial charge in [0.15, 0.2) is 0 Å². The number of hydrogen-bond donors (Lipinski definition) is 1. The van der Waals surface area contributed by atoms with E-state index in [9.17, 15) is 4.79 Å². The lowest BCUT2D eigenvalue weighted by Gasteiger charge is -2.49. The molecule has 1 N–H and O–H groups in total. The Hall–Kier alpha value is -2.20. The van der Waals surface area contributed by atoms with Crippen LogP contribution in [0.1, 0.15) is 19.4 Å². The SMILES string of the molecule is CC(C)CNC(=O)[C@H]1Cc2ccccc2N2CCN(c3cccc(Cl)c3)C[C@@H]12. The standard InChI is InChI=1S/C23H28ClN3O/c1-16(2)14-25-23(28)20-12-17-6-3-4-9-21(17)27-11-10-26(15-22(20)27)19-8-5-7-18(24)13-19/h3-9,13,16,20,22H,10-12,14-15H2,1-2H3,(H,25,28)/t20-,22-/m0/s1. The van der Waals surface area contributed by atoms with Gasteiger partial charge in [-0.25, -0.2) is 0 Å². The second-order valence-corrected chi connectivity index (χ2v) is 8.70. The number of piperazine rings is 1. The summed E-state index contributed by atoms with van der Waals surface area (Å²) in [6.45, 7) is 7.64. The van der Waals surface area contributed by atoms with Crippen LogP contribution in [-0.2, 0) is 11.2 Å². The molecular weight excluding hydrogens is 370 g/mol. The zero-order chi connectivity index (χ0) is 19.7. The minimum absolute atomic E-state index is 0.0457. The van der Waals surface area contributed by atoms with E-state index in [0.717, 1.165) is 43.3 Å². The number of nitrogens with one attached hydrogen (secondary N) is 1. The van der Waals surface area contributed by atoms with E-state index in [0.29, 0.717) is 5.92 Å². The van der Waals surface area contributed by atoms with Crippen LogP contribution < -0.4 is 15.1 Å². The fourth-order valence-electron chi connectivity index (χ4n) is 4.40. The van der Waals surface area contributed by atoms with Gasteiger partial charge in [0, 0.05) is 42.6 Å². The third kappa shape index (κ3) is 3.83. The predicted octanol–water partition coefficient (Wildman–Crippen LogP) is 3.98. The van der Waals surface area contributed by atoms with Crippen molar-refractivity contribution in [2.45, 2.75) is 26.3 Å². The van der Waals surface area contributed by atoms with E-state index in [4.69, 9.17) is 11.6 Å². The van der Waals surface area contributed by atoms with Crippen LogP contribution in [0.15, 0.2) is 48.5 Å². The van der Waals surface area contributed by atoms with Crippen molar-refractivity contribution in [2.24, 2.45) is 11.8 Å². The topological polar surface area (TPSA) is 35.6 Å². The second-order valence-electron chi connectivity index (χ2n) is 8.26. The van der Waals surface area contributed by atoms with E-state index >= 15 is 0 Å². The first kappa shape index (κ1) is 19.1. The molecule has 0 aromatic heterocycles. The molecule has 1 fully saturated rings. The minimum Gasteiger partial charge on any atom is -0.368 e. The Bertz CT molecular complexity index is 853. The normalized spacial score (nSPS) is 21.3. The number of carbonyl (C=O) groups is 1. The Balaban J connectivity index is 1.62. The molecule has 148 valence electrons. The van der Waals surface area contributed by atoms with Crippen molar-refractivity contribution in [1.82, 2.24) is 5.32 Å². The van der Waals surface area contributed by atoms with Gasteiger partial charge < -0.3 is 15.1 Å². The van der Waals surface area contributed by atoms with Crippen molar-refractivity contribution in [1.29, 1.82) is 0 Å². The number of halogens is 1. The molecule has 2 aromatic carbocycles. The maximum atomic E-state index is 13.1. The van der Waals surface area contributed by atoms with E-state index < -0.39 is 0 Å². The number of carbonyl (C=O) groups excluding carboxylic acids is 1. The molecule has 0 saturated carbocycles. The van der Waals surface area contributed by atoms with Crippen molar-refractivity contribution < 1.29 is 4.79 Å². The van der Waals surface area contributed by atoms with Crippen LogP contribution in [0.4, 0.5) is 11.4 Å². The van der Waals surface area contributed by atoms with Crippen molar-refractivity contribution in [3.8, 4) is 0 Å². The van der Waals surface area contributed by atoms with Crippen LogP contribution in [0.5, 0.6) is 0 Å². The molecule has 0 aliphatic carbocycles. The molecule has 2 aliphatic heterocycles. The number of hydrogen-bond acceptors (Lipinski definition) is 3. The Morgan fingerprint density at radius 2 is 2.00 bits per heavy atom. The summed E-state index contributed by atoms with van der Waals surface area (Å²) in [6.07, 6.45) is 0.796. The Morgan fingerprint density at radius 3 is 2.79 bits per heavy atom. The third-order valence-electron chi connectivity index (χ3n) is 5.82. The van der Waals surface area contributed by atoms with Crippen LogP contribution in [0.3, 0.4) is 0 Å². The quantitative estimate of drug-likeness (QED) is 0.847. The van der Waals surface area contributed by atoms with E-state index in [1.54, 1.807) is 0 Å². The monoisotopic (exact) mass is 397 g/mol. The molecule has 28 heavy (non-hydrogen) atoms. The van der Waals surface area contributed by atoms with Gasteiger partial charge in [0.05, 0.1) is 12.0 Å². The fraction of sp³-hybridized carbons (Fsp3) is 0.435. The lowest BCUT2D eigenvalue weighted by atomic mass is 9.83. The first-order valence-corrected chi connectivity index (χ1v) is 10.5. The molecule has 2 aliphatic rings. The molecule has 4 rings (SSSR count). The summed E-state index contributed by atoms with van der Waals surface area (Å²) in [4.78, 5) is 17.9. The average molecular weight is 398 g/mol. The summed E-state index contributed by atoms with van der Waals surface area (Å²) in [5.41, 5.74) is 3.69. The van der Waals surface area contributed by atoms with Gasteiger partial charge in [-0.05, 0) is 42.2 Å². The number of fused-ring (bicyclic) bond motifs is 3. The minimum atomic E-state index is -0.0457. The smallest absolute Gasteiger partial charge is 0.225 e. The van der Waals surface area contributed by atoms with Gasteiger partial charge in [0.25, 0.3) is 0 Å². The highest BCUT2D eigenvalue weighted by atomic mass is 35.5. The van der Waals surface area contributed by atoms with E-state index in [1.807, 2.05) is 18.2 Å². The molecule has 0 spiro atoms. The highest BCUT2D eigenvalue weighted by Crippen LogP contribution is 2.37. The molecule has 1 amide bonds. The van der Waals surface area contributed by atoms with E-state index in [-0.39, 0.29) is 17.9 Å². The maximum absolute atomic E-state index is 13.1. The van der Waals surface area contributed by atoms with Crippen molar-refractivity contribution in [2.75, 3.05) is 36.0 Å². The van der Waals surface area contributed by atoms with Gasteiger partial charge >= 0.3 is 0 Å². The fourth-order valence-corrected chi connectivity index (χ4v) is 4.59. The first-order valence-electron chi connectivity index (χ1n) is 10.2. The summed E-state index contributed by atoms with van der Waals surface area (Å²) < 4.78 is 0. The molecule has 5 heteroatoms. The van der Waals surface area contributed by atoms with Crippen LogP contribution in [0.2, 0.25) is 5.02 Å². The van der Waals surface area contributed by atoms with Crippen molar-refractivity contribution in [3.05, 3.63) is 59.1 Å². The number of para-hydroxylation sites is 1. The summed E-state index contributed by atoms with van der Waals surface area (Å²) in [5, 5.41) is 3.92. The Morgan fingerprint density at radius 1 is 1.18 bits per heavy atom. The van der Waals surface area contributed by atoms with Gasteiger partial charge in [0.2, 0.25) is 5.91 Å². The largest absolute Gasteiger partial charge is 0.368 e. The van der Waals surface area contributed by atoms with Gasteiger partial charge in [-0.1, -0.05) is 49.7 Å². The van der Waals surface area contributed by atoms with Gasteiger partial charge in [-0.2, -0.15) is 0 Å². The van der Waals surface area contributed by atoms with E-state index in [1.165, 1.54) is 11.3 Å². The highest BCUT2D eigenvalue weighted by Gasteiger charge is 2.41. The zero-order valence-electron chi connectivity index (χ0n) is 16.6. The summed E-state index contributed by atoms with van der Waals surface area (Å²) >= 11 is 6.22. The number of anilines is 2. The Labute approximate surface area is 172 Å². The van der Waals surface area contributed by atoms with Crippen LogP contribution in [0.25, 0.3) is 0 Å². The van der Waals surface area contributed by atoms with Gasteiger partial charge in [-0.3, -0.25) is 4.79 Å². The molecule has 0 bridgehead atoms. The third-order valence-corrected chi connectivity index (χ3v) is 6.05. The molecule has 4 nitrogen and oxygen atoms in total. The first-order chi connectivity index (χ1) is 13.5. The second kappa shape index (κ2) is 8.04. The molecule has 2 heterocycles. The summed E-state index contributed by atoms with van der Waals surface area (Å²) in [6, 6.07) is 16.7. The number of nitrogens with zero attached hydrogens (tertiary/aromatic N) is 2. The number of amides is 1. The lowest BCUT2D eigenvalue weighted by Crippen LogP contribution is -2.61. The molecule has 2 atom stereocenters. The average Bonchev–Trinajstić information content (AvgIpc) is 2.71. The summed E-state index contributed by atoms with van der Waals surface area (Å²) in [7, 11) is 0. The van der Waals surface area contributed by atoms with Crippen molar-refractivity contribution in [3.63, 3.8) is 0 Å².